The average molecular weight is 309 g/mol. The highest BCUT2D eigenvalue weighted by Crippen LogP contribution is 2.35. The molecule has 0 saturated heterocycles. The van der Waals surface area contributed by atoms with E-state index in [1.807, 2.05) is 20.8 Å². The van der Waals surface area contributed by atoms with Gasteiger partial charge in [-0.05, 0) is 18.2 Å². The molecular weight excluding hydrogens is 293 g/mol. The van der Waals surface area contributed by atoms with Crippen LogP contribution < -0.4 is 4.74 Å². The fourth-order valence-corrected chi connectivity index (χ4v) is 3.01. The summed E-state index contributed by atoms with van der Waals surface area (Å²) < 4.78 is 18.6. The molecule has 2 rings (SSSR count). The number of aromatic nitrogens is 1. The van der Waals surface area contributed by atoms with Gasteiger partial charge < -0.3 is 9.84 Å². The van der Waals surface area contributed by atoms with Crippen molar-refractivity contribution in [2.45, 2.75) is 26.2 Å². The van der Waals surface area contributed by atoms with Crippen LogP contribution in [0.5, 0.6) is 5.75 Å². The van der Waals surface area contributed by atoms with E-state index in [0.717, 1.165) is 11.3 Å². The largest absolute Gasteiger partial charge is 0.494 e. The maximum absolute atomic E-state index is 13.8. The summed E-state index contributed by atoms with van der Waals surface area (Å²) in [4.78, 5) is 15.9. The number of benzene rings is 1. The number of hydrogen-bond acceptors (Lipinski definition) is 4. The van der Waals surface area contributed by atoms with Gasteiger partial charge in [0, 0.05) is 11.0 Å². The van der Waals surface area contributed by atoms with Gasteiger partial charge in [-0.25, -0.2) is 14.2 Å². The second kappa shape index (κ2) is 5.44. The third-order valence-corrected chi connectivity index (χ3v) is 4.02. The van der Waals surface area contributed by atoms with Crippen molar-refractivity contribution in [3.05, 3.63) is 34.6 Å². The minimum absolute atomic E-state index is 0.143. The van der Waals surface area contributed by atoms with Crippen molar-refractivity contribution in [1.82, 2.24) is 4.98 Å². The predicted octanol–water partition coefficient (Wildman–Crippen LogP) is 3.95. The molecule has 1 aromatic heterocycles. The Morgan fingerprint density at radius 1 is 1.38 bits per heavy atom. The molecule has 0 spiro atoms. The number of nitrogens with zero attached hydrogens (tertiary/aromatic N) is 1. The standard InChI is InChI=1S/C15H16FNO3S/c1-15(2,3)12-11(14(18)19)21-13(17-12)8-5-6-10(20-4)9(16)7-8/h5-7H,1-4H3,(H,18,19). The normalized spacial score (nSPS) is 11.5. The number of aromatic carboxylic acids is 1. The molecule has 1 aromatic carbocycles. The lowest BCUT2D eigenvalue weighted by atomic mass is 9.91. The summed E-state index contributed by atoms with van der Waals surface area (Å²) in [6.45, 7) is 5.69. The quantitative estimate of drug-likeness (QED) is 0.932. The van der Waals surface area contributed by atoms with Crippen LogP contribution >= 0.6 is 11.3 Å². The minimum Gasteiger partial charge on any atom is -0.494 e. The van der Waals surface area contributed by atoms with Crippen molar-refractivity contribution >= 4 is 17.3 Å². The van der Waals surface area contributed by atoms with Crippen LogP contribution in [0.15, 0.2) is 18.2 Å². The van der Waals surface area contributed by atoms with Gasteiger partial charge >= 0.3 is 5.97 Å². The van der Waals surface area contributed by atoms with Gasteiger partial charge in [0.25, 0.3) is 0 Å². The molecule has 0 bridgehead atoms. The van der Waals surface area contributed by atoms with E-state index in [-0.39, 0.29) is 10.6 Å². The van der Waals surface area contributed by atoms with E-state index < -0.39 is 17.2 Å². The first-order valence-electron chi connectivity index (χ1n) is 6.32. The molecule has 6 heteroatoms. The van der Waals surface area contributed by atoms with Crippen molar-refractivity contribution in [2.24, 2.45) is 0 Å². The highest BCUT2D eigenvalue weighted by atomic mass is 32.1. The van der Waals surface area contributed by atoms with Crippen LogP contribution in [0.2, 0.25) is 0 Å². The molecule has 0 atom stereocenters. The zero-order chi connectivity index (χ0) is 15.8. The Bertz CT molecular complexity index is 689. The second-order valence-corrected chi connectivity index (χ2v) is 6.60. The SMILES string of the molecule is COc1ccc(-c2nc(C(C)(C)C)c(C(=O)O)s2)cc1F. The zero-order valence-corrected chi connectivity index (χ0v) is 13.0. The van der Waals surface area contributed by atoms with Crippen molar-refractivity contribution in [3.8, 4) is 16.3 Å². The van der Waals surface area contributed by atoms with Crippen LogP contribution in [0, 0.1) is 5.82 Å². The van der Waals surface area contributed by atoms with Crippen LogP contribution in [0.1, 0.15) is 36.1 Å². The van der Waals surface area contributed by atoms with Gasteiger partial charge in [-0.3, -0.25) is 0 Å². The van der Waals surface area contributed by atoms with Crippen LogP contribution in [0.4, 0.5) is 4.39 Å². The van der Waals surface area contributed by atoms with Crippen LogP contribution in [0.3, 0.4) is 0 Å². The van der Waals surface area contributed by atoms with Gasteiger partial charge in [0.1, 0.15) is 9.88 Å². The fraction of sp³-hybridized carbons (Fsp3) is 0.333. The highest BCUT2D eigenvalue weighted by Gasteiger charge is 2.27. The summed E-state index contributed by atoms with van der Waals surface area (Å²) in [5.74, 6) is -1.37. The van der Waals surface area contributed by atoms with E-state index >= 15 is 0 Å². The van der Waals surface area contributed by atoms with Gasteiger partial charge in [0.2, 0.25) is 0 Å². The molecule has 1 heterocycles. The van der Waals surface area contributed by atoms with Crippen LogP contribution in [-0.2, 0) is 5.41 Å². The van der Waals surface area contributed by atoms with Crippen LogP contribution in [0.25, 0.3) is 10.6 Å². The van der Waals surface area contributed by atoms with Gasteiger partial charge in [0.05, 0.1) is 12.8 Å². The van der Waals surface area contributed by atoms with E-state index in [9.17, 15) is 14.3 Å². The molecule has 2 aromatic rings. The maximum Gasteiger partial charge on any atom is 0.347 e. The second-order valence-electron chi connectivity index (χ2n) is 5.60. The molecule has 4 nitrogen and oxygen atoms in total. The Hall–Kier alpha value is -1.95. The fourth-order valence-electron chi connectivity index (χ4n) is 1.90. The number of hydrogen-bond donors (Lipinski definition) is 1. The first kappa shape index (κ1) is 15.4. The number of carboxylic acids is 1. The van der Waals surface area contributed by atoms with Gasteiger partial charge in [-0.2, -0.15) is 0 Å². The molecule has 0 aliphatic heterocycles. The molecule has 21 heavy (non-hydrogen) atoms. The minimum atomic E-state index is -1.02. The third kappa shape index (κ3) is 3.05. The lowest BCUT2D eigenvalue weighted by Gasteiger charge is -2.16. The van der Waals surface area contributed by atoms with E-state index in [2.05, 4.69) is 4.98 Å². The van der Waals surface area contributed by atoms with E-state index in [1.54, 1.807) is 6.07 Å². The highest BCUT2D eigenvalue weighted by molar-refractivity contribution is 7.17. The number of rotatable bonds is 3. The first-order valence-corrected chi connectivity index (χ1v) is 7.14. The summed E-state index contributed by atoms with van der Waals surface area (Å²) in [5, 5.41) is 9.79. The summed E-state index contributed by atoms with van der Waals surface area (Å²) >= 11 is 1.05. The van der Waals surface area contributed by atoms with Crippen molar-refractivity contribution < 1.29 is 19.0 Å². The molecule has 0 saturated carbocycles. The summed E-state index contributed by atoms with van der Waals surface area (Å²) in [6.07, 6.45) is 0. The molecule has 0 aliphatic rings. The average Bonchev–Trinajstić information content (AvgIpc) is 2.83. The number of ether oxygens (including phenoxy) is 1. The molecule has 0 aliphatic carbocycles. The summed E-state index contributed by atoms with van der Waals surface area (Å²) in [6, 6.07) is 4.47. The maximum atomic E-state index is 13.8. The summed E-state index contributed by atoms with van der Waals surface area (Å²) in [7, 11) is 1.39. The number of halogens is 1. The molecule has 0 amide bonds. The van der Waals surface area contributed by atoms with E-state index in [0.29, 0.717) is 16.3 Å². The Labute approximate surface area is 126 Å². The Morgan fingerprint density at radius 2 is 2.05 bits per heavy atom. The summed E-state index contributed by atoms with van der Waals surface area (Å²) in [5.41, 5.74) is 0.649. The molecule has 1 N–H and O–H groups in total. The lowest BCUT2D eigenvalue weighted by Crippen LogP contribution is -2.16. The van der Waals surface area contributed by atoms with Crippen molar-refractivity contribution in [2.75, 3.05) is 7.11 Å². The molecule has 0 radical (unpaired) electrons. The van der Waals surface area contributed by atoms with Gasteiger partial charge in [-0.1, -0.05) is 20.8 Å². The van der Waals surface area contributed by atoms with E-state index in [1.165, 1.54) is 19.2 Å². The van der Waals surface area contributed by atoms with Gasteiger partial charge in [-0.15, -0.1) is 11.3 Å². The van der Waals surface area contributed by atoms with Crippen molar-refractivity contribution in [3.63, 3.8) is 0 Å². The third-order valence-electron chi connectivity index (χ3n) is 2.93. The first-order chi connectivity index (χ1) is 9.74. The Morgan fingerprint density at radius 3 is 2.48 bits per heavy atom. The van der Waals surface area contributed by atoms with Crippen LogP contribution in [-0.4, -0.2) is 23.2 Å². The smallest absolute Gasteiger partial charge is 0.347 e. The predicted molar refractivity (Wildman–Crippen MR) is 79.7 cm³/mol. The van der Waals surface area contributed by atoms with Gasteiger partial charge in [0.15, 0.2) is 11.6 Å². The Balaban J connectivity index is 2.55. The lowest BCUT2D eigenvalue weighted by molar-refractivity contribution is 0.0699. The van der Waals surface area contributed by atoms with E-state index in [4.69, 9.17) is 4.74 Å². The molecule has 112 valence electrons. The van der Waals surface area contributed by atoms with Crippen molar-refractivity contribution in [1.29, 1.82) is 0 Å². The number of carboxylic acid groups (broad SMARTS) is 1. The molecule has 0 fully saturated rings. The monoisotopic (exact) mass is 309 g/mol. The number of methoxy groups -OCH3 is 1. The number of carbonyl (C=O) groups is 1. The molecular formula is C15H16FNO3S. The number of thiazole rings is 1. The topological polar surface area (TPSA) is 59.4 Å². The molecule has 0 unspecified atom stereocenters. The Kier molecular flexibility index (Phi) is 4.00. The zero-order valence-electron chi connectivity index (χ0n) is 12.2.